The largest absolute Gasteiger partial charge is 0.479 e. The summed E-state index contributed by atoms with van der Waals surface area (Å²) in [6.45, 7) is 3.83. The van der Waals surface area contributed by atoms with Gasteiger partial charge in [-0.25, -0.2) is 4.79 Å². The lowest BCUT2D eigenvalue weighted by molar-refractivity contribution is -0.298. The molecule has 1 fully saturated rings. The predicted molar refractivity (Wildman–Crippen MR) is 216 cm³/mol. The number of aliphatic carboxylic acids is 1. The van der Waals surface area contributed by atoms with Crippen LogP contribution in [-0.4, -0.2) is 88.4 Å². The van der Waals surface area contributed by atoms with Crippen molar-refractivity contribution in [2.24, 2.45) is 0 Å². The first-order valence-electron chi connectivity index (χ1n) is 22.6. The minimum Gasteiger partial charge on any atom is -0.479 e. The highest BCUT2D eigenvalue weighted by molar-refractivity contribution is 5.73. The number of hydrogen-bond donors (Lipinski definition) is 4. The monoisotopic (exact) mass is 787 g/mol. The highest BCUT2D eigenvalue weighted by atomic mass is 16.7. The Bertz CT molecular complexity index is 931. The van der Waals surface area contributed by atoms with Crippen LogP contribution in [0.5, 0.6) is 0 Å². The van der Waals surface area contributed by atoms with E-state index < -0.39 is 54.7 Å². The van der Waals surface area contributed by atoms with Crippen LogP contribution in [0.25, 0.3) is 0 Å². The molecule has 0 bridgehead atoms. The zero-order chi connectivity index (χ0) is 40.4. The fourth-order valence-corrected chi connectivity index (χ4v) is 7.12. The van der Waals surface area contributed by atoms with Gasteiger partial charge < -0.3 is 39.4 Å². The molecular weight excluding hydrogens is 704 g/mol. The van der Waals surface area contributed by atoms with E-state index in [4.69, 9.17) is 18.9 Å². The van der Waals surface area contributed by atoms with Gasteiger partial charge in [0.05, 0.1) is 6.61 Å². The van der Waals surface area contributed by atoms with Crippen LogP contribution in [0, 0.1) is 0 Å². The predicted octanol–water partition coefficient (Wildman–Crippen LogP) is 9.48. The molecule has 1 unspecified atom stereocenters. The maximum atomic E-state index is 12.8. The van der Waals surface area contributed by atoms with Crippen molar-refractivity contribution in [2.75, 3.05) is 13.2 Å². The Morgan fingerprint density at radius 1 is 0.491 bits per heavy atom. The Kier molecular flexibility index (Phi) is 33.0. The number of carboxylic acid groups (broad SMARTS) is 1. The van der Waals surface area contributed by atoms with Crippen molar-refractivity contribution in [3.05, 3.63) is 0 Å². The third-order valence-electron chi connectivity index (χ3n) is 10.7. The van der Waals surface area contributed by atoms with Crippen LogP contribution < -0.4 is 0 Å². The van der Waals surface area contributed by atoms with Crippen molar-refractivity contribution < 1.29 is 53.8 Å². The highest BCUT2D eigenvalue weighted by Crippen LogP contribution is 2.23. The second kappa shape index (κ2) is 35.4. The fraction of sp³-hybridized carbons (Fsp3) is 0.932. The Hall–Kier alpha value is -1.79. The van der Waals surface area contributed by atoms with Gasteiger partial charge in [-0.2, -0.15) is 0 Å². The molecule has 1 aliphatic heterocycles. The van der Waals surface area contributed by atoms with E-state index in [1.54, 1.807) is 0 Å². The van der Waals surface area contributed by atoms with Crippen molar-refractivity contribution in [3.8, 4) is 0 Å². The molecule has 0 spiro atoms. The molecule has 4 N–H and O–H groups in total. The van der Waals surface area contributed by atoms with Crippen LogP contribution in [-0.2, 0) is 33.3 Å². The number of unbranched alkanes of at least 4 members (excludes halogenated alkanes) is 27. The van der Waals surface area contributed by atoms with E-state index in [1.807, 2.05) is 0 Å². The SMILES string of the molecule is CCCCCCCCCCCCCCCCCCC(=O)OC(COC(=O)CCCCCCCCCCCCCCC)CO[C@H]1O[C@H](C(=O)O)[C@@H](O)[C@H](O)[C@H]1O. The number of rotatable bonds is 38. The van der Waals surface area contributed by atoms with Gasteiger partial charge in [0.15, 0.2) is 18.5 Å². The van der Waals surface area contributed by atoms with Gasteiger partial charge in [-0.05, 0) is 12.8 Å². The van der Waals surface area contributed by atoms with Crippen molar-refractivity contribution >= 4 is 17.9 Å². The summed E-state index contributed by atoms with van der Waals surface area (Å²) in [5.41, 5.74) is 0. The number of aliphatic hydroxyl groups excluding tert-OH is 3. The lowest BCUT2D eigenvalue weighted by atomic mass is 9.99. The summed E-state index contributed by atoms with van der Waals surface area (Å²) in [4.78, 5) is 36.8. The first-order valence-corrected chi connectivity index (χ1v) is 22.6. The number of carbonyl (C=O) groups is 3. The number of ether oxygens (including phenoxy) is 4. The summed E-state index contributed by atoms with van der Waals surface area (Å²) in [5.74, 6) is -2.42. The van der Waals surface area contributed by atoms with Gasteiger partial charge in [0.2, 0.25) is 0 Å². The molecule has 6 atom stereocenters. The summed E-state index contributed by atoms with van der Waals surface area (Å²) in [7, 11) is 0. The molecule has 0 radical (unpaired) electrons. The quantitative estimate of drug-likeness (QED) is 0.0347. The van der Waals surface area contributed by atoms with Gasteiger partial charge in [-0.15, -0.1) is 0 Å². The molecule has 55 heavy (non-hydrogen) atoms. The molecule has 0 amide bonds. The average molecular weight is 787 g/mol. The van der Waals surface area contributed by atoms with Crippen molar-refractivity contribution in [2.45, 2.75) is 250 Å². The molecule has 0 aliphatic carbocycles. The summed E-state index contributed by atoms with van der Waals surface area (Å²) in [6.07, 6.45) is 25.8. The minimum atomic E-state index is -1.85. The number of carbonyl (C=O) groups excluding carboxylic acids is 2. The number of hydrogen-bond acceptors (Lipinski definition) is 10. The van der Waals surface area contributed by atoms with Crippen LogP contribution in [0.2, 0.25) is 0 Å². The topological polar surface area (TPSA) is 169 Å². The summed E-state index contributed by atoms with van der Waals surface area (Å²) >= 11 is 0. The second-order valence-corrected chi connectivity index (χ2v) is 15.9. The number of carboxylic acids is 1. The van der Waals surface area contributed by atoms with Gasteiger partial charge >= 0.3 is 17.9 Å². The van der Waals surface area contributed by atoms with E-state index >= 15 is 0 Å². The fourth-order valence-electron chi connectivity index (χ4n) is 7.12. The summed E-state index contributed by atoms with van der Waals surface area (Å²) < 4.78 is 21.7. The number of esters is 2. The molecule has 324 valence electrons. The Morgan fingerprint density at radius 3 is 1.24 bits per heavy atom. The van der Waals surface area contributed by atoms with Gasteiger partial charge in [0.1, 0.15) is 24.9 Å². The van der Waals surface area contributed by atoms with E-state index in [9.17, 15) is 34.8 Å². The van der Waals surface area contributed by atoms with E-state index in [-0.39, 0.29) is 26.1 Å². The van der Waals surface area contributed by atoms with Gasteiger partial charge in [-0.3, -0.25) is 9.59 Å². The molecule has 0 aromatic carbocycles. The van der Waals surface area contributed by atoms with Crippen molar-refractivity contribution in [1.82, 2.24) is 0 Å². The van der Waals surface area contributed by atoms with Gasteiger partial charge in [-0.1, -0.05) is 187 Å². The van der Waals surface area contributed by atoms with E-state index in [1.165, 1.54) is 135 Å². The summed E-state index contributed by atoms with van der Waals surface area (Å²) in [5, 5.41) is 39.8. The van der Waals surface area contributed by atoms with Crippen LogP contribution >= 0.6 is 0 Å². The molecular formula is C44H82O11. The zero-order valence-electron chi connectivity index (χ0n) is 34.9. The number of aliphatic hydroxyl groups is 3. The molecule has 1 heterocycles. The first kappa shape index (κ1) is 51.2. The normalized spacial score (nSPS) is 20.3. The third-order valence-corrected chi connectivity index (χ3v) is 10.7. The minimum absolute atomic E-state index is 0.191. The molecule has 0 aromatic rings. The Labute approximate surface area is 334 Å². The molecule has 1 saturated heterocycles. The summed E-state index contributed by atoms with van der Waals surface area (Å²) in [6, 6.07) is 0. The van der Waals surface area contributed by atoms with Gasteiger partial charge in [0, 0.05) is 12.8 Å². The third kappa shape index (κ3) is 27.5. The van der Waals surface area contributed by atoms with Crippen molar-refractivity contribution in [3.63, 3.8) is 0 Å². The maximum Gasteiger partial charge on any atom is 0.335 e. The maximum absolute atomic E-state index is 12.8. The average Bonchev–Trinajstić information content (AvgIpc) is 3.17. The first-order chi connectivity index (χ1) is 26.7. The molecule has 0 aromatic heterocycles. The lowest BCUT2D eigenvalue weighted by Gasteiger charge is -2.38. The highest BCUT2D eigenvalue weighted by Gasteiger charge is 2.47. The Balaban J connectivity index is 2.35. The second-order valence-electron chi connectivity index (χ2n) is 15.9. The smallest absolute Gasteiger partial charge is 0.335 e. The molecule has 1 aliphatic rings. The van der Waals surface area contributed by atoms with E-state index in [0.29, 0.717) is 12.8 Å². The van der Waals surface area contributed by atoms with E-state index in [0.717, 1.165) is 38.5 Å². The zero-order valence-corrected chi connectivity index (χ0v) is 34.9. The molecule has 11 nitrogen and oxygen atoms in total. The molecule has 1 rings (SSSR count). The van der Waals surface area contributed by atoms with Gasteiger partial charge in [0.25, 0.3) is 0 Å². The van der Waals surface area contributed by atoms with E-state index in [2.05, 4.69) is 13.8 Å². The van der Waals surface area contributed by atoms with Crippen molar-refractivity contribution in [1.29, 1.82) is 0 Å². The van der Waals surface area contributed by atoms with Crippen LogP contribution in [0.4, 0.5) is 0 Å². The lowest BCUT2D eigenvalue weighted by Crippen LogP contribution is -2.60. The van der Waals surface area contributed by atoms with Crippen LogP contribution in [0.1, 0.15) is 213 Å². The van der Waals surface area contributed by atoms with Crippen LogP contribution in [0.15, 0.2) is 0 Å². The molecule has 11 heteroatoms. The standard InChI is InChI=1S/C44H82O11/c1-3-5-7-9-11-13-15-17-18-19-21-23-25-27-29-31-33-38(46)54-36(35-53-44-41(49)39(47)40(48)42(55-44)43(50)51)34-52-37(45)32-30-28-26-24-22-20-16-14-12-10-8-6-4-2/h36,39-42,44,47-49H,3-35H2,1-2H3,(H,50,51)/t36?,39-,40-,41+,42-,44-/m0/s1. The molecule has 0 saturated carbocycles. The van der Waals surface area contributed by atoms with Crippen LogP contribution in [0.3, 0.4) is 0 Å². The Morgan fingerprint density at radius 2 is 0.855 bits per heavy atom.